The Morgan fingerprint density at radius 3 is 2.24 bits per heavy atom. The van der Waals surface area contributed by atoms with Crippen molar-refractivity contribution in [2.24, 2.45) is 0 Å². The minimum absolute atomic E-state index is 0.0206. The predicted molar refractivity (Wildman–Crippen MR) is 124 cm³/mol. The molecule has 190 valence electrons. The van der Waals surface area contributed by atoms with Gasteiger partial charge in [-0.1, -0.05) is 0 Å². The second-order valence-electron chi connectivity index (χ2n) is 9.81. The molecule has 3 heterocycles. The summed E-state index contributed by atoms with van der Waals surface area (Å²) < 4.78 is 5.54. The number of carbonyl (C=O) groups is 5. The molecule has 0 radical (unpaired) electrons. The van der Waals surface area contributed by atoms with Gasteiger partial charge in [0.2, 0.25) is 17.7 Å². The van der Waals surface area contributed by atoms with Crippen molar-refractivity contribution >= 4 is 30.0 Å². The summed E-state index contributed by atoms with van der Waals surface area (Å²) in [6, 6.07) is -2.13. The van der Waals surface area contributed by atoms with Crippen LogP contribution >= 0.6 is 0 Å². The first-order chi connectivity index (χ1) is 16.2. The molecule has 10 heteroatoms. The first kappa shape index (κ1) is 26.1. The maximum absolute atomic E-state index is 13.5. The summed E-state index contributed by atoms with van der Waals surface area (Å²) in [5.41, 5.74) is 0. The molecule has 5 atom stereocenters. The number of esters is 1. The number of carbonyl (C=O) groups excluding carboxylic acids is 5. The SMILES string of the molecule is CC(C=O)NC(=O)C1CCCCN1C(=O)C1CCCN1C(=O)CC(C)OC(=O)C1CCCN1C. The minimum atomic E-state index is -0.635. The number of likely N-dealkylation sites (N-methyl/N-ethyl adjacent to an activating group) is 1. The number of hydrogen-bond acceptors (Lipinski definition) is 7. The maximum atomic E-state index is 13.5. The van der Waals surface area contributed by atoms with Gasteiger partial charge in [0.05, 0.1) is 12.5 Å². The average Bonchev–Trinajstić information content (AvgIpc) is 3.47. The van der Waals surface area contributed by atoms with E-state index in [1.807, 2.05) is 11.9 Å². The van der Waals surface area contributed by atoms with Crippen molar-refractivity contribution in [3.8, 4) is 0 Å². The van der Waals surface area contributed by atoms with E-state index < -0.39 is 24.2 Å². The van der Waals surface area contributed by atoms with Crippen molar-refractivity contribution in [2.75, 3.05) is 26.7 Å². The van der Waals surface area contributed by atoms with Crippen LogP contribution in [0.3, 0.4) is 0 Å². The highest BCUT2D eigenvalue weighted by molar-refractivity contribution is 5.93. The molecule has 0 aromatic rings. The topological polar surface area (TPSA) is 116 Å². The fraction of sp³-hybridized carbons (Fsp3) is 0.792. The van der Waals surface area contributed by atoms with Crippen LogP contribution in [0.5, 0.6) is 0 Å². The van der Waals surface area contributed by atoms with Crippen molar-refractivity contribution in [3.63, 3.8) is 0 Å². The lowest BCUT2D eigenvalue weighted by Gasteiger charge is -2.38. The van der Waals surface area contributed by atoms with Gasteiger partial charge in [-0.15, -0.1) is 0 Å². The minimum Gasteiger partial charge on any atom is -0.461 e. The van der Waals surface area contributed by atoms with E-state index in [0.717, 1.165) is 32.2 Å². The van der Waals surface area contributed by atoms with Crippen molar-refractivity contribution in [3.05, 3.63) is 0 Å². The van der Waals surface area contributed by atoms with E-state index >= 15 is 0 Å². The average molecular weight is 479 g/mol. The highest BCUT2D eigenvalue weighted by Gasteiger charge is 2.41. The lowest BCUT2D eigenvalue weighted by molar-refractivity contribution is -0.156. The van der Waals surface area contributed by atoms with Crippen LogP contribution in [0.1, 0.15) is 65.2 Å². The number of rotatable bonds is 8. The zero-order chi connectivity index (χ0) is 24.8. The number of ether oxygens (including phenoxy) is 1. The Balaban J connectivity index is 1.59. The molecular formula is C24H38N4O6. The number of hydrogen-bond donors (Lipinski definition) is 1. The molecule has 0 aliphatic carbocycles. The molecular weight excluding hydrogens is 440 g/mol. The van der Waals surface area contributed by atoms with E-state index in [9.17, 15) is 24.0 Å². The maximum Gasteiger partial charge on any atom is 0.323 e. The predicted octanol–water partition coefficient (Wildman–Crippen LogP) is 0.478. The van der Waals surface area contributed by atoms with Crippen LogP contribution in [0, 0.1) is 0 Å². The lowest BCUT2D eigenvalue weighted by Crippen LogP contribution is -2.58. The molecule has 1 N–H and O–H groups in total. The monoisotopic (exact) mass is 478 g/mol. The third-order valence-electron chi connectivity index (χ3n) is 7.09. The van der Waals surface area contributed by atoms with Gasteiger partial charge in [-0.05, 0) is 72.4 Å². The highest BCUT2D eigenvalue weighted by atomic mass is 16.5. The van der Waals surface area contributed by atoms with E-state index in [1.54, 1.807) is 23.6 Å². The van der Waals surface area contributed by atoms with Crippen LogP contribution in [-0.4, -0.2) is 102 Å². The number of nitrogens with one attached hydrogen (secondary N) is 1. The van der Waals surface area contributed by atoms with E-state index in [0.29, 0.717) is 38.6 Å². The second-order valence-corrected chi connectivity index (χ2v) is 9.81. The van der Waals surface area contributed by atoms with Crippen LogP contribution in [0.4, 0.5) is 0 Å². The Labute approximate surface area is 201 Å². The summed E-state index contributed by atoms with van der Waals surface area (Å²) in [6.07, 6.45) is 5.20. The van der Waals surface area contributed by atoms with Gasteiger partial charge in [-0.2, -0.15) is 0 Å². The zero-order valence-corrected chi connectivity index (χ0v) is 20.5. The van der Waals surface area contributed by atoms with Crippen LogP contribution in [0.25, 0.3) is 0 Å². The molecule has 3 fully saturated rings. The third-order valence-corrected chi connectivity index (χ3v) is 7.09. The molecule has 0 spiro atoms. The Kier molecular flexibility index (Phi) is 9.04. The smallest absolute Gasteiger partial charge is 0.323 e. The first-order valence-corrected chi connectivity index (χ1v) is 12.5. The summed E-state index contributed by atoms with van der Waals surface area (Å²) in [4.78, 5) is 67.7. The normalized spacial score (nSPS) is 27.2. The number of aldehydes is 1. The number of piperidine rings is 1. The largest absolute Gasteiger partial charge is 0.461 e. The zero-order valence-electron chi connectivity index (χ0n) is 20.5. The summed E-state index contributed by atoms with van der Waals surface area (Å²) in [5, 5.41) is 2.65. The standard InChI is InChI=1S/C24H38N4O6/c1-16(15-29)25-22(31)18-8-4-5-12-28(18)23(32)19-9-7-13-27(19)21(30)14-17(2)34-24(33)20-10-6-11-26(20)3/h15-20H,4-14H2,1-3H3,(H,25,31). The summed E-state index contributed by atoms with van der Waals surface area (Å²) >= 11 is 0. The molecule has 10 nitrogen and oxygen atoms in total. The van der Waals surface area contributed by atoms with Crippen molar-refractivity contribution < 1.29 is 28.7 Å². The fourth-order valence-electron chi connectivity index (χ4n) is 5.23. The van der Waals surface area contributed by atoms with Crippen molar-refractivity contribution in [1.29, 1.82) is 0 Å². The molecule has 0 aromatic heterocycles. The van der Waals surface area contributed by atoms with E-state index in [1.165, 1.54) is 0 Å². The molecule has 3 amide bonds. The lowest BCUT2D eigenvalue weighted by atomic mass is 9.99. The van der Waals surface area contributed by atoms with Gasteiger partial charge in [0.1, 0.15) is 30.5 Å². The fourth-order valence-corrected chi connectivity index (χ4v) is 5.23. The Morgan fingerprint density at radius 1 is 0.912 bits per heavy atom. The Bertz CT molecular complexity index is 789. The Morgan fingerprint density at radius 2 is 1.56 bits per heavy atom. The molecule has 3 rings (SSSR count). The number of likely N-dealkylation sites (tertiary alicyclic amines) is 3. The summed E-state index contributed by atoms with van der Waals surface area (Å²) in [5.74, 6) is -1.08. The van der Waals surface area contributed by atoms with Gasteiger partial charge in [-0.25, -0.2) is 0 Å². The summed E-state index contributed by atoms with van der Waals surface area (Å²) in [7, 11) is 1.89. The number of amides is 3. The van der Waals surface area contributed by atoms with Crippen LogP contribution in [0.2, 0.25) is 0 Å². The van der Waals surface area contributed by atoms with Crippen LogP contribution < -0.4 is 5.32 Å². The molecule has 34 heavy (non-hydrogen) atoms. The van der Waals surface area contributed by atoms with E-state index in [2.05, 4.69) is 5.32 Å². The van der Waals surface area contributed by atoms with Crippen molar-refractivity contribution in [1.82, 2.24) is 20.0 Å². The summed E-state index contributed by atoms with van der Waals surface area (Å²) in [6.45, 7) is 5.07. The first-order valence-electron chi connectivity index (χ1n) is 12.5. The highest BCUT2D eigenvalue weighted by Crippen LogP contribution is 2.26. The quantitative estimate of drug-likeness (QED) is 0.398. The van der Waals surface area contributed by atoms with Crippen LogP contribution in [-0.2, 0) is 28.7 Å². The van der Waals surface area contributed by atoms with Gasteiger partial charge >= 0.3 is 5.97 Å². The molecule has 3 saturated heterocycles. The molecule has 3 aliphatic rings. The van der Waals surface area contributed by atoms with Gasteiger partial charge < -0.3 is 24.6 Å². The molecule has 0 bridgehead atoms. The molecule has 0 aromatic carbocycles. The number of nitrogens with zero attached hydrogens (tertiary/aromatic N) is 3. The van der Waals surface area contributed by atoms with E-state index in [-0.39, 0.29) is 36.2 Å². The third kappa shape index (κ3) is 6.14. The van der Waals surface area contributed by atoms with Crippen molar-refractivity contribution in [2.45, 2.75) is 95.5 Å². The van der Waals surface area contributed by atoms with Gasteiger partial charge in [0.15, 0.2) is 0 Å². The van der Waals surface area contributed by atoms with Gasteiger partial charge in [0.25, 0.3) is 0 Å². The van der Waals surface area contributed by atoms with Gasteiger partial charge in [0, 0.05) is 13.1 Å². The molecule has 0 saturated carbocycles. The van der Waals surface area contributed by atoms with E-state index in [4.69, 9.17) is 4.74 Å². The Hall–Kier alpha value is -2.49. The molecule has 5 unspecified atom stereocenters. The van der Waals surface area contributed by atoms with Crippen LogP contribution in [0.15, 0.2) is 0 Å². The second kappa shape index (κ2) is 11.8. The molecule has 3 aliphatic heterocycles. The van der Waals surface area contributed by atoms with Gasteiger partial charge in [-0.3, -0.25) is 24.1 Å².